The minimum Gasteiger partial charge on any atom is -0.449 e. The molecular formula is C19H33NO4. The van der Waals surface area contributed by atoms with Crippen LogP contribution in [0.2, 0.25) is 0 Å². The van der Waals surface area contributed by atoms with E-state index in [1.165, 1.54) is 7.05 Å². The Morgan fingerprint density at radius 2 is 1.88 bits per heavy atom. The number of likely N-dealkylation sites (N-methyl/N-ethyl adjacent to an activating group) is 1. The largest absolute Gasteiger partial charge is 0.449 e. The first-order valence-corrected chi connectivity index (χ1v) is 8.63. The highest BCUT2D eigenvalue weighted by molar-refractivity contribution is 5.91. The first-order chi connectivity index (χ1) is 11.2. The van der Waals surface area contributed by atoms with Crippen LogP contribution >= 0.6 is 0 Å². The van der Waals surface area contributed by atoms with Crippen LogP contribution in [0.3, 0.4) is 0 Å². The number of carbonyl (C=O) groups is 2. The summed E-state index contributed by atoms with van der Waals surface area (Å²) in [7, 11) is 1.53. The van der Waals surface area contributed by atoms with Crippen molar-refractivity contribution in [3.63, 3.8) is 0 Å². The number of esters is 1. The van der Waals surface area contributed by atoms with Crippen molar-refractivity contribution >= 4 is 11.9 Å². The quantitative estimate of drug-likeness (QED) is 0.364. The number of rotatable bonds is 10. The summed E-state index contributed by atoms with van der Waals surface area (Å²) in [5, 5.41) is 12.4. The summed E-state index contributed by atoms with van der Waals surface area (Å²) in [6.45, 7) is 9.48. The SMILES string of the molecule is C/C=C/[C@@H](O)[C@@H](C)CC/C=C(\C)C(=O)O[C@H](CC(C)C)C(=O)NC. The first kappa shape index (κ1) is 22.4. The molecule has 0 aliphatic carbocycles. The summed E-state index contributed by atoms with van der Waals surface area (Å²) in [4.78, 5) is 23.9. The van der Waals surface area contributed by atoms with E-state index in [9.17, 15) is 14.7 Å². The Kier molecular flexibility index (Phi) is 11.0. The van der Waals surface area contributed by atoms with Gasteiger partial charge in [-0.1, -0.05) is 39.0 Å². The molecule has 1 amide bonds. The maximum Gasteiger partial charge on any atom is 0.334 e. The first-order valence-electron chi connectivity index (χ1n) is 8.63. The third-order valence-corrected chi connectivity index (χ3v) is 3.84. The zero-order valence-electron chi connectivity index (χ0n) is 15.8. The topological polar surface area (TPSA) is 75.6 Å². The molecule has 0 aromatic heterocycles. The van der Waals surface area contributed by atoms with E-state index in [0.29, 0.717) is 18.4 Å². The van der Waals surface area contributed by atoms with Gasteiger partial charge in [0.15, 0.2) is 6.10 Å². The Balaban J connectivity index is 4.59. The fourth-order valence-corrected chi connectivity index (χ4v) is 2.22. The van der Waals surface area contributed by atoms with Crippen LogP contribution in [0.15, 0.2) is 23.8 Å². The van der Waals surface area contributed by atoms with Gasteiger partial charge in [-0.3, -0.25) is 4.79 Å². The summed E-state index contributed by atoms with van der Waals surface area (Å²) in [5.74, 6) is -0.391. The molecule has 0 spiro atoms. The van der Waals surface area contributed by atoms with Crippen LogP contribution in [-0.2, 0) is 14.3 Å². The van der Waals surface area contributed by atoms with Gasteiger partial charge in [-0.25, -0.2) is 4.79 Å². The highest BCUT2D eigenvalue weighted by Gasteiger charge is 2.23. The molecule has 0 heterocycles. The summed E-state index contributed by atoms with van der Waals surface area (Å²) in [5.41, 5.74) is 0.486. The number of hydrogen-bond donors (Lipinski definition) is 2. The van der Waals surface area contributed by atoms with E-state index < -0.39 is 18.2 Å². The number of allylic oxidation sites excluding steroid dienone is 2. The van der Waals surface area contributed by atoms with Crippen LogP contribution in [-0.4, -0.2) is 36.2 Å². The second kappa shape index (κ2) is 11.8. The van der Waals surface area contributed by atoms with Crippen molar-refractivity contribution in [2.45, 2.75) is 66.1 Å². The van der Waals surface area contributed by atoms with Gasteiger partial charge < -0.3 is 15.2 Å². The van der Waals surface area contributed by atoms with Gasteiger partial charge >= 0.3 is 5.97 Å². The van der Waals surface area contributed by atoms with Crippen LogP contribution < -0.4 is 5.32 Å². The van der Waals surface area contributed by atoms with Crippen molar-refractivity contribution < 1.29 is 19.4 Å². The van der Waals surface area contributed by atoms with Crippen molar-refractivity contribution in [1.82, 2.24) is 5.32 Å². The lowest BCUT2D eigenvalue weighted by atomic mass is 9.98. The lowest BCUT2D eigenvalue weighted by Crippen LogP contribution is -2.36. The molecule has 2 N–H and O–H groups in total. The zero-order chi connectivity index (χ0) is 18.7. The molecule has 0 unspecified atom stereocenters. The highest BCUT2D eigenvalue weighted by atomic mass is 16.5. The average molecular weight is 339 g/mol. The number of hydrogen-bond acceptors (Lipinski definition) is 4. The van der Waals surface area contributed by atoms with Gasteiger partial charge in [0.05, 0.1) is 6.10 Å². The second-order valence-electron chi connectivity index (χ2n) is 6.60. The molecule has 0 radical (unpaired) electrons. The van der Waals surface area contributed by atoms with E-state index in [4.69, 9.17) is 4.74 Å². The number of aliphatic hydroxyl groups excluding tert-OH is 1. The average Bonchev–Trinajstić information content (AvgIpc) is 2.52. The third kappa shape index (κ3) is 8.87. The second-order valence-corrected chi connectivity index (χ2v) is 6.60. The number of aliphatic hydroxyl groups is 1. The van der Waals surface area contributed by atoms with E-state index in [0.717, 1.165) is 6.42 Å². The normalized spacial score (nSPS) is 16.1. The highest BCUT2D eigenvalue weighted by Crippen LogP contribution is 2.15. The van der Waals surface area contributed by atoms with Crippen molar-refractivity contribution in [2.75, 3.05) is 7.05 Å². The van der Waals surface area contributed by atoms with E-state index in [1.807, 2.05) is 33.8 Å². The van der Waals surface area contributed by atoms with E-state index in [2.05, 4.69) is 5.32 Å². The minimum atomic E-state index is -0.763. The Hall–Kier alpha value is -1.62. The number of nitrogens with one attached hydrogen (secondary N) is 1. The Bertz CT molecular complexity index is 454. The maximum atomic E-state index is 12.1. The molecule has 3 atom stereocenters. The fraction of sp³-hybridized carbons (Fsp3) is 0.684. The molecular weight excluding hydrogens is 306 g/mol. The van der Waals surface area contributed by atoms with Crippen LogP contribution in [0.1, 0.15) is 53.9 Å². The maximum absolute atomic E-state index is 12.1. The summed E-state index contributed by atoms with van der Waals surface area (Å²) in [6, 6.07) is 0. The Labute approximate surface area is 146 Å². The summed E-state index contributed by atoms with van der Waals surface area (Å²) in [6.07, 6.45) is 6.08. The minimum absolute atomic E-state index is 0.112. The van der Waals surface area contributed by atoms with Crippen LogP contribution in [0.5, 0.6) is 0 Å². The number of amides is 1. The predicted octanol–water partition coefficient (Wildman–Crippen LogP) is 2.99. The van der Waals surface area contributed by atoms with Crippen LogP contribution in [0.25, 0.3) is 0 Å². The molecule has 0 saturated heterocycles. The molecule has 0 aromatic rings. The Morgan fingerprint density at radius 1 is 1.25 bits per heavy atom. The van der Waals surface area contributed by atoms with E-state index >= 15 is 0 Å². The molecule has 0 rings (SSSR count). The summed E-state index contributed by atoms with van der Waals surface area (Å²) < 4.78 is 5.34. The van der Waals surface area contributed by atoms with E-state index in [-0.39, 0.29) is 17.7 Å². The van der Waals surface area contributed by atoms with Crippen molar-refractivity contribution in [3.8, 4) is 0 Å². The van der Waals surface area contributed by atoms with Crippen molar-refractivity contribution in [3.05, 3.63) is 23.8 Å². The van der Waals surface area contributed by atoms with Gasteiger partial charge in [0, 0.05) is 12.6 Å². The lowest BCUT2D eigenvalue weighted by molar-refractivity contribution is -0.153. The molecule has 5 heteroatoms. The molecule has 138 valence electrons. The van der Waals surface area contributed by atoms with Gasteiger partial charge in [-0.2, -0.15) is 0 Å². The van der Waals surface area contributed by atoms with Gasteiger partial charge in [0.1, 0.15) is 0 Å². The molecule has 0 aliphatic heterocycles. The standard InChI is InChI=1S/C19H33NO4/c1-7-9-16(21)14(4)10-8-11-15(5)19(23)24-17(12-13(2)3)18(22)20-6/h7,9,11,13-14,16-17,21H,8,10,12H2,1-6H3,(H,20,22)/b9-7+,15-11+/t14-,16+,17+/m0/s1. The molecule has 0 aromatic carbocycles. The van der Waals surface area contributed by atoms with Gasteiger partial charge in [0.2, 0.25) is 0 Å². The number of carbonyl (C=O) groups excluding carboxylic acids is 2. The van der Waals surface area contributed by atoms with Gasteiger partial charge in [0.25, 0.3) is 5.91 Å². The van der Waals surface area contributed by atoms with Gasteiger partial charge in [-0.15, -0.1) is 0 Å². The Morgan fingerprint density at radius 3 is 2.38 bits per heavy atom. The predicted molar refractivity (Wildman–Crippen MR) is 96.4 cm³/mol. The van der Waals surface area contributed by atoms with Gasteiger partial charge in [-0.05, 0) is 44.9 Å². The molecule has 0 bridgehead atoms. The fourth-order valence-electron chi connectivity index (χ4n) is 2.22. The number of ether oxygens (including phenoxy) is 1. The van der Waals surface area contributed by atoms with Crippen molar-refractivity contribution in [2.24, 2.45) is 11.8 Å². The molecule has 0 aliphatic rings. The molecule has 0 fully saturated rings. The van der Waals surface area contributed by atoms with Crippen LogP contribution in [0, 0.1) is 11.8 Å². The smallest absolute Gasteiger partial charge is 0.334 e. The third-order valence-electron chi connectivity index (χ3n) is 3.84. The van der Waals surface area contributed by atoms with E-state index in [1.54, 1.807) is 19.1 Å². The zero-order valence-corrected chi connectivity index (χ0v) is 15.8. The lowest BCUT2D eigenvalue weighted by Gasteiger charge is -2.18. The monoisotopic (exact) mass is 339 g/mol. The molecule has 0 saturated carbocycles. The van der Waals surface area contributed by atoms with Crippen LogP contribution in [0.4, 0.5) is 0 Å². The summed E-state index contributed by atoms with van der Waals surface area (Å²) >= 11 is 0. The molecule has 5 nitrogen and oxygen atoms in total. The van der Waals surface area contributed by atoms with Crippen molar-refractivity contribution in [1.29, 1.82) is 0 Å². The molecule has 24 heavy (non-hydrogen) atoms.